The number of halogens is 3. The number of hydrogen-bond donors (Lipinski definition) is 0. The third kappa shape index (κ3) is 3.85. The zero-order chi connectivity index (χ0) is 13.2. The molecule has 1 aromatic carbocycles. The van der Waals surface area contributed by atoms with Crippen molar-refractivity contribution in [1.82, 2.24) is 0 Å². The highest BCUT2D eigenvalue weighted by molar-refractivity contribution is 7.90. The molecule has 0 N–H and O–H groups in total. The molecule has 0 aliphatic carbocycles. The molecule has 0 spiro atoms. The predicted molar refractivity (Wildman–Crippen MR) is 55.0 cm³/mol. The van der Waals surface area contributed by atoms with Crippen LogP contribution < -0.4 is 0 Å². The molecule has 94 valence electrons. The van der Waals surface area contributed by atoms with E-state index in [9.17, 15) is 26.4 Å². The molecule has 17 heavy (non-hydrogen) atoms. The van der Waals surface area contributed by atoms with Crippen molar-refractivity contribution >= 4 is 15.6 Å². The Kier molecular flexibility index (Phi) is 3.92. The lowest BCUT2D eigenvalue weighted by Gasteiger charge is -2.02. The second-order valence-corrected chi connectivity index (χ2v) is 5.82. The molecular formula is C10H9F3O3S. The van der Waals surface area contributed by atoms with Crippen molar-refractivity contribution in [3.63, 3.8) is 0 Å². The van der Waals surface area contributed by atoms with Gasteiger partial charge >= 0.3 is 0 Å². The molecule has 0 bridgehead atoms. The van der Waals surface area contributed by atoms with Crippen LogP contribution in [-0.2, 0) is 9.84 Å². The van der Waals surface area contributed by atoms with Crippen molar-refractivity contribution in [1.29, 1.82) is 0 Å². The van der Waals surface area contributed by atoms with Gasteiger partial charge in [0.15, 0.2) is 23.2 Å². The molecule has 0 aliphatic rings. The van der Waals surface area contributed by atoms with Crippen molar-refractivity contribution in [3.8, 4) is 0 Å². The van der Waals surface area contributed by atoms with Crippen molar-refractivity contribution in [2.75, 3.05) is 12.0 Å². The summed E-state index contributed by atoms with van der Waals surface area (Å²) in [6, 6.07) is 1.09. The second kappa shape index (κ2) is 4.87. The molecule has 0 aromatic heterocycles. The third-order valence-electron chi connectivity index (χ3n) is 2.01. The van der Waals surface area contributed by atoms with Gasteiger partial charge in [-0.3, -0.25) is 4.79 Å². The maximum absolute atomic E-state index is 12.8. The van der Waals surface area contributed by atoms with Crippen LogP contribution in [0.3, 0.4) is 0 Å². The monoisotopic (exact) mass is 266 g/mol. The lowest BCUT2D eigenvalue weighted by atomic mass is 10.1. The van der Waals surface area contributed by atoms with Crippen molar-refractivity contribution in [2.45, 2.75) is 6.42 Å². The van der Waals surface area contributed by atoms with Gasteiger partial charge in [0.1, 0.15) is 9.84 Å². The Morgan fingerprint density at radius 2 is 1.65 bits per heavy atom. The number of sulfone groups is 1. The summed E-state index contributed by atoms with van der Waals surface area (Å²) >= 11 is 0. The van der Waals surface area contributed by atoms with E-state index in [1.165, 1.54) is 0 Å². The quantitative estimate of drug-likeness (QED) is 0.616. The number of rotatable bonds is 4. The Morgan fingerprint density at radius 3 is 2.06 bits per heavy atom. The average molecular weight is 266 g/mol. The number of ketones is 1. The van der Waals surface area contributed by atoms with E-state index in [4.69, 9.17) is 0 Å². The average Bonchev–Trinajstić information content (AvgIpc) is 2.20. The van der Waals surface area contributed by atoms with Gasteiger partial charge in [-0.15, -0.1) is 0 Å². The SMILES string of the molecule is CS(=O)(=O)CCC(=O)c1cc(F)c(F)c(F)c1. The number of benzene rings is 1. The molecule has 3 nitrogen and oxygen atoms in total. The van der Waals surface area contributed by atoms with Crippen LogP contribution in [0.4, 0.5) is 13.2 Å². The van der Waals surface area contributed by atoms with E-state index in [0.717, 1.165) is 6.26 Å². The van der Waals surface area contributed by atoms with Gasteiger partial charge in [-0.05, 0) is 12.1 Å². The number of hydrogen-bond acceptors (Lipinski definition) is 3. The minimum atomic E-state index is -3.34. The van der Waals surface area contributed by atoms with Crippen LogP contribution in [0.25, 0.3) is 0 Å². The maximum atomic E-state index is 12.8. The number of carbonyl (C=O) groups is 1. The van der Waals surface area contributed by atoms with Crippen molar-refractivity contribution in [3.05, 3.63) is 35.1 Å². The molecule has 0 aliphatic heterocycles. The van der Waals surface area contributed by atoms with Crippen LogP contribution in [0.2, 0.25) is 0 Å². The summed E-state index contributed by atoms with van der Waals surface area (Å²) in [5.74, 6) is -5.80. The Bertz CT molecular complexity index is 529. The summed E-state index contributed by atoms with van der Waals surface area (Å²) in [6.45, 7) is 0. The van der Waals surface area contributed by atoms with E-state index in [1.807, 2.05) is 0 Å². The van der Waals surface area contributed by atoms with Gasteiger partial charge < -0.3 is 0 Å². The molecule has 0 amide bonds. The minimum Gasteiger partial charge on any atom is -0.294 e. The molecule has 7 heteroatoms. The highest BCUT2D eigenvalue weighted by Crippen LogP contribution is 2.15. The van der Waals surface area contributed by atoms with Gasteiger partial charge in [0.25, 0.3) is 0 Å². The lowest BCUT2D eigenvalue weighted by molar-refractivity contribution is 0.0987. The first-order valence-electron chi connectivity index (χ1n) is 4.56. The first kappa shape index (κ1) is 13.7. The predicted octanol–water partition coefficient (Wildman–Crippen LogP) is 1.72. The first-order chi connectivity index (χ1) is 7.70. The lowest BCUT2D eigenvalue weighted by Crippen LogP contribution is -2.10. The summed E-state index contributed by atoms with van der Waals surface area (Å²) in [5.41, 5.74) is -0.384. The summed E-state index contributed by atoms with van der Waals surface area (Å²) < 4.78 is 59.8. The smallest absolute Gasteiger partial charge is 0.194 e. The first-order valence-corrected chi connectivity index (χ1v) is 6.62. The van der Waals surface area contributed by atoms with E-state index >= 15 is 0 Å². The summed E-state index contributed by atoms with van der Waals surface area (Å²) in [4.78, 5) is 11.4. The van der Waals surface area contributed by atoms with E-state index in [0.29, 0.717) is 12.1 Å². The van der Waals surface area contributed by atoms with Crippen molar-refractivity contribution < 1.29 is 26.4 Å². The van der Waals surface area contributed by atoms with E-state index in [1.54, 1.807) is 0 Å². The molecule has 0 saturated heterocycles. The van der Waals surface area contributed by atoms with Crippen LogP contribution in [0.5, 0.6) is 0 Å². The van der Waals surface area contributed by atoms with Crippen LogP contribution in [0.1, 0.15) is 16.8 Å². The standard InChI is InChI=1S/C10H9F3O3S/c1-17(15,16)3-2-9(14)6-4-7(11)10(13)8(12)5-6/h4-5H,2-3H2,1H3. The van der Waals surface area contributed by atoms with E-state index in [-0.39, 0.29) is 5.56 Å². The van der Waals surface area contributed by atoms with E-state index < -0.39 is 45.2 Å². The second-order valence-electron chi connectivity index (χ2n) is 3.56. The van der Waals surface area contributed by atoms with Gasteiger partial charge in [0, 0.05) is 18.2 Å². The van der Waals surface area contributed by atoms with Gasteiger partial charge in [-0.25, -0.2) is 21.6 Å². The van der Waals surface area contributed by atoms with Crippen LogP contribution in [-0.4, -0.2) is 26.2 Å². The Balaban J connectivity index is 2.91. The van der Waals surface area contributed by atoms with Crippen LogP contribution in [0, 0.1) is 17.5 Å². The zero-order valence-corrected chi connectivity index (χ0v) is 9.65. The molecule has 0 heterocycles. The summed E-state index contributed by atoms with van der Waals surface area (Å²) in [6.07, 6.45) is 0.537. The minimum absolute atomic E-state index is 0.384. The fourth-order valence-corrected chi connectivity index (χ4v) is 1.70. The molecule has 0 radical (unpaired) electrons. The molecule has 0 atom stereocenters. The van der Waals surface area contributed by atoms with Crippen molar-refractivity contribution in [2.24, 2.45) is 0 Å². The van der Waals surface area contributed by atoms with E-state index in [2.05, 4.69) is 0 Å². The molecule has 0 saturated carbocycles. The molecule has 1 rings (SSSR count). The molecular weight excluding hydrogens is 257 g/mol. The van der Waals surface area contributed by atoms with Crippen LogP contribution >= 0.6 is 0 Å². The summed E-state index contributed by atoms with van der Waals surface area (Å²) in [5, 5.41) is 0. The molecule has 1 aromatic rings. The zero-order valence-electron chi connectivity index (χ0n) is 8.84. The Morgan fingerprint density at radius 1 is 1.18 bits per heavy atom. The number of carbonyl (C=O) groups excluding carboxylic acids is 1. The number of Topliss-reactive ketones (excluding diaryl/α,β-unsaturated/α-hetero) is 1. The normalized spacial score (nSPS) is 11.5. The van der Waals surface area contributed by atoms with Crippen LogP contribution in [0.15, 0.2) is 12.1 Å². The Labute approximate surface area is 96.2 Å². The van der Waals surface area contributed by atoms with Gasteiger partial charge in [-0.2, -0.15) is 0 Å². The molecule has 0 unspecified atom stereocenters. The third-order valence-corrected chi connectivity index (χ3v) is 2.95. The van der Waals surface area contributed by atoms with Gasteiger partial charge in [0.2, 0.25) is 0 Å². The highest BCUT2D eigenvalue weighted by atomic mass is 32.2. The Hall–Kier alpha value is -1.37. The van der Waals surface area contributed by atoms with Gasteiger partial charge in [0.05, 0.1) is 5.75 Å². The largest absolute Gasteiger partial charge is 0.294 e. The fraction of sp³-hybridized carbons (Fsp3) is 0.300. The van der Waals surface area contributed by atoms with Gasteiger partial charge in [-0.1, -0.05) is 0 Å². The summed E-state index contributed by atoms with van der Waals surface area (Å²) in [7, 11) is -3.34. The molecule has 0 fully saturated rings. The fourth-order valence-electron chi connectivity index (χ4n) is 1.14. The topological polar surface area (TPSA) is 51.2 Å². The highest BCUT2D eigenvalue weighted by Gasteiger charge is 2.16. The maximum Gasteiger partial charge on any atom is 0.194 e.